The van der Waals surface area contributed by atoms with Gasteiger partial charge in [0.15, 0.2) is 0 Å². The molecule has 8 aliphatic heterocycles. The lowest BCUT2D eigenvalue weighted by atomic mass is 10.0. The van der Waals surface area contributed by atoms with Gasteiger partial charge in [-0.3, -0.25) is 22.7 Å². The maximum atomic E-state index is 12.4. The molecule has 0 bridgehead atoms. The van der Waals surface area contributed by atoms with Crippen LogP contribution in [0.5, 0.6) is 0 Å². The number of hydrogen-bond acceptors (Lipinski definition) is 10. The zero-order chi connectivity index (χ0) is 39.3. The molecule has 8 fully saturated rings. The zero-order valence-corrected chi connectivity index (χ0v) is 34.1. The van der Waals surface area contributed by atoms with Crippen molar-refractivity contribution in [3.63, 3.8) is 0 Å². The van der Waals surface area contributed by atoms with E-state index >= 15 is 0 Å². The van der Waals surface area contributed by atoms with Crippen molar-refractivity contribution in [1.29, 1.82) is 0 Å². The number of ether oxygens (including phenoxy) is 1. The summed E-state index contributed by atoms with van der Waals surface area (Å²) in [6.07, 6.45) is 1.78. The number of carbonyl (C=O) groups excluding carboxylic acids is 2. The Hall–Kier alpha value is -3.70. The molecule has 8 unspecified atom stereocenters. The van der Waals surface area contributed by atoms with E-state index in [0.29, 0.717) is 36.1 Å². The number of rotatable bonds is 11. The zero-order valence-electron chi connectivity index (χ0n) is 34.1. The van der Waals surface area contributed by atoms with Gasteiger partial charge in [0.2, 0.25) is 30.4 Å². The number of hydrogen-bond donors (Lipinski definition) is 1. The highest BCUT2D eigenvalue weighted by molar-refractivity contribution is 5.95. The number of pyridine rings is 2. The van der Waals surface area contributed by atoms with Gasteiger partial charge in [-0.2, -0.15) is 0 Å². The van der Waals surface area contributed by atoms with Crippen LogP contribution in [-0.4, -0.2) is 207 Å². The van der Waals surface area contributed by atoms with Crippen LogP contribution in [-0.2, 0) is 30.9 Å². The van der Waals surface area contributed by atoms with Crippen LogP contribution in [0.25, 0.3) is 0 Å². The van der Waals surface area contributed by atoms with Gasteiger partial charge in [0.25, 0.3) is 0 Å². The van der Waals surface area contributed by atoms with E-state index in [9.17, 15) is 14.7 Å². The van der Waals surface area contributed by atoms with Crippen LogP contribution in [0.2, 0.25) is 0 Å². The summed E-state index contributed by atoms with van der Waals surface area (Å²) in [4.78, 5) is 45.6. The van der Waals surface area contributed by atoms with Crippen molar-refractivity contribution in [3.05, 3.63) is 94.6 Å². The van der Waals surface area contributed by atoms with Crippen molar-refractivity contribution in [2.45, 2.75) is 50.8 Å². The van der Waals surface area contributed by atoms with Crippen molar-refractivity contribution in [2.24, 2.45) is 0 Å². The largest absolute Gasteiger partial charge is 0.464 e. The van der Waals surface area contributed by atoms with Crippen LogP contribution in [0.3, 0.4) is 0 Å². The summed E-state index contributed by atoms with van der Waals surface area (Å²) < 4.78 is 9.37. The topological polar surface area (TPSA) is 102 Å². The third-order valence-corrected chi connectivity index (χ3v) is 16.3. The van der Waals surface area contributed by atoms with Crippen LogP contribution in [0.4, 0.5) is 0 Å². The molecule has 1 N–H and O–H groups in total. The fourth-order valence-corrected chi connectivity index (χ4v) is 13.7. The summed E-state index contributed by atoms with van der Waals surface area (Å²) in [6, 6.07) is 21.3. The number of aliphatic hydroxyl groups excluding tert-OH is 1. The number of Topliss-reactive ketones (excluding diaryl/α,β-unsaturated/α-hetero) is 1. The molecule has 58 heavy (non-hydrogen) atoms. The lowest BCUT2D eigenvalue weighted by Gasteiger charge is -2.56. The summed E-state index contributed by atoms with van der Waals surface area (Å²) >= 11 is 0. The van der Waals surface area contributed by atoms with E-state index < -0.39 is 6.61 Å². The van der Waals surface area contributed by atoms with Crippen molar-refractivity contribution >= 4 is 11.8 Å². The first-order valence-corrected chi connectivity index (χ1v) is 21.9. The molecular formula is C44H60N10O4+4. The Kier molecular flexibility index (Phi) is 8.96. The van der Waals surface area contributed by atoms with Crippen molar-refractivity contribution in [2.75, 3.05) is 118 Å². The van der Waals surface area contributed by atoms with Gasteiger partial charge in [-0.25, -0.2) is 34.4 Å². The molecule has 0 amide bonds. The first-order valence-electron chi connectivity index (χ1n) is 21.9. The number of aromatic nitrogens is 2. The van der Waals surface area contributed by atoms with Crippen molar-refractivity contribution in [3.8, 4) is 0 Å². The van der Waals surface area contributed by atoms with E-state index in [-0.39, 0.29) is 11.8 Å². The average molecular weight is 793 g/mol. The fourth-order valence-electron chi connectivity index (χ4n) is 13.7. The molecule has 0 radical (unpaired) electrons. The average Bonchev–Trinajstić information content (AvgIpc) is 4.01. The number of nitrogens with zero attached hydrogens (tertiary/aromatic N) is 10. The molecule has 306 valence electrons. The molecule has 8 saturated heterocycles. The second-order valence-electron chi connectivity index (χ2n) is 19.0. The van der Waals surface area contributed by atoms with E-state index in [2.05, 4.69) is 56.0 Å². The van der Waals surface area contributed by atoms with Gasteiger partial charge >= 0.3 is 5.97 Å². The minimum absolute atomic E-state index is 0.308. The minimum atomic E-state index is -0.503. The number of quaternary nitrogens is 4. The Labute approximate surface area is 341 Å². The monoisotopic (exact) mass is 792 g/mol. The maximum Gasteiger partial charge on any atom is 0.356 e. The first kappa shape index (κ1) is 37.3. The van der Waals surface area contributed by atoms with Gasteiger partial charge in [0, 0.05) is 11.1 Å². The Bertz CT molecular complexity index is 1980. The fraction of sp³-hybridized carbons (Fsp3) is 0.591. The van der Waals surface area contributed by atoms with Gasteiger partial charge in [-0.15, -0.1) is 0 Å². The number of esters is 1. The maximum absolute atomic E-state index is 12.4. The Morgan fingerprint density at radius 1 is 0.569 bits per heavy atom. The molecule has 1 aromatic carbocycles. The van der Waals surface area contributed by atoms with Crippen LogP contribution in [0.15, 0.2) is 60.7 Å². The Balaban J connectivity index is 0.847. The number of aliphatic hydroxyl groups is 1. The Morgan fingerprint density at radius 2 is 0.931 bits per heavy atom. The van der Waals surface area contributed by atoms with E-state index in [1.54, 1.807) is 12.1 Å². The molecule has 14 nitrogen and oxygen atoms in total. The van der Waals surface area contributed by atoms with E-state index in [4.69, 9.17) is 14.7 Å². The molecule has 0 saturated carbocycles. The van der Waals surface area contributed by atoms with Gasteiger partial charge in [-0.05, 0) is 30.3 Å². The van der Waals surface area contributed by atoms with E-state index in [0.717, 1.165) is 134 Å². The molecule has 0 spiro atoms. The summed E-state index contributed by atoms with van der Waals surface area (Å²) in [5.74, 6) is -0.675. The minimum Gasteiger partial charge on any atom is -0.464 e. The van der Waals surface area contributed by atoms with Crippen molar-refractivity contribution in [1.82, 2.24) is 29.6 Å². The van der Waals surface area contributed by atoms with Gasteiger partial charge in [0.05, 0.1) is 123 Å². The number of ketones is 1. The first-order chi connectivity index (χ1) is 28.2. The quantitative estimate of drug-likeness (QED) is 0.170. The summed E-state index contributed by atoms with van der Waals surface area (Å²) in [5.41, 5.74) is 5.69. The second kappa shape index (κ2) is 13.9. The molecule has 8 aliphatic rings. The lowest BCUT2D eigenvalue weighted by molar-refractivity contribution is -1.04. The molecule has 11 rings (SSSR count). The number of carbonyl (C=O) groups is 2. The second-order valence-corrected chi connectivity index (χ2v) is 19.0. The van der Waals surface area contributed by atoms with Crippen LogP contribution >= 0.6 is 0 Å². The molecule has 8 atom stereocenters. The van der Waals surface area contributed by atoms with Gasteiger partial charge < -0.3 is 9.84 Å². The van der Waals surface area contributed by atoms with E-state index in [1.165, 1.54) is 44.4 Å². The number of benzene rings is 1. The molecule has 0 aliphatic carbocycles. The third kappa shape index (κ3) is 5.78. The number of piperazine rings is 4. The predicted octanol–water partition coefficient (Wildman–Crippen LogP) is 0.727. The standard InChI is InChI=1S/C44H60N10O4/c1-58-44(57)38-10-4-8-36(46-38)31-54-24-16-48-12-20-52(22-14-50(18-26-54)43(54)41(48)52)29-34-6-2-5-33(27-34)28-51-19-11-47-15-23-53(25-17-49(13-21-51)42(53)40(47)51)30-35-7-3-9-37(45-35)39(56)32-55/h2-10,27,40-43,55H,11-26,28-32H2,1H3/q+4. The molecule has 14 heteroatoms. The predicted molar refractivity (Wildman–Crippen MR) is 214 cm³/mol. The lowest BCUT2D eigenvalue weighted by Crippen LogP contribution is -2.77. The number of methoxy groups -OCH3 is 1. The highest BCUT2D eigenvalue weighted by Crippen LogP contribution is 2.47. The summed E-state index contributed by atoms with van der Waals surface area (Å²) in [7, 11) is 1.43. The van der Waals surface area contributed by atoms with Gasteiger partial charge in [-0.1, -0.05) is 30.3 Å². The van der Waals surface area contributed by atoms with E-state index in [1.807, 2.05) is 12.1 Å². The molecule has 2 aromatic heterocycles. The Morgan fingerprint density at radius 3 is 1.33 bits per heavy atom. The SMILES string of the molecule is COC(=O)c1cccc(C[N+]23CCN4CC[N+]5(Cc6cccc(C[N+]78CCN9CC[N+]%10(Cc%11cccc(C(=O)CO)n%11)CCN(CC7)C%10C98)c6)CCN(CC2)C3C45)n1. The highest BCUT2D eigenvalue weighted by Gasteiger charge is 2.69. The molecule has 3 aromatic rings. The molecular weight excluding hydrogens is 733 g/mol. The smallest absolute Gasteiger partial charge is 0.356 e. The van der Waals surface area contributed by atoms with Crippen LogP contribution < -0.4 is 0 Å². The highest BCUT2D eigenvalue weighted by atomic mass is 16.5. The van der Waals surface area contributed by atoms with Gasteiger partial charge in [0.1, 0.15) is 44.2 Å². The third-order valence-electron chi connectivity index (χ3n) is 16.3. The van der Waals surface area contributed by atoms with Crippen LogP contribution in [0, 0.1) is 0 Å². The summed E-state index contributed by atoms with van der Waals surface area (Å²) in [6.45, 7) is 21.7. The normalized spacial score (nSPS) is 36.5. The molecule has 10 heterocycles. The van der Waals surface area contributed by atoms with Crippen LogP contribution in [0.1, 0.15) is 43.5 Å². The van der Waals surface area contributed by atoms with Crippen molar-refractivity contribution < 1.29 is 37.4 Å². The summed E-state index contributed by atoms with van der Waals surface area (Å²) in [5, 5.41) is 9.52.